The first-order valence-corrected chi connectivity index (χ1v) is 7.63. The van der Waals surface area contributed by atoms with E-state index in [9.17, 15) is 9.59 Å². The van der Waals surface area contributed by atoms with Crippen LogP contribution in [0.4, 0.5) is 0 Å². The lowest BCUT2D eigenvalue weighted by atomic mass is 10.2. The van der Waals surface area contributed by atoms with Gasteiger partial charge in [0.15, 0.2) is 6.61 Å². The highest BCUT2D eigenvalue weighted by Crippen LogP contribution is 2.20. The van der Waals surface area contributed by atoms with E-state index < -0.39 is 18.5 Å². The van der Waals surface area contributed by atoms with Gasteiger partial charge in [0.25, 0.3) is 5.91 Å². The number of ether oxygens (including phenoxy) is 2. The average molecular weight is 369 g/mol. The number of benzene rings is 1. The van der Waals surface area contributed by atoms with Crippen molar-refractivity contribution < 1.29 is 19.1 Å². The van der Waals surface area contributed by atoms with Crippen LogP contribution in [0.1, 0.15) is 15.9 Å². The second-order valence-electron chi connectivity index (χ2n) is 4.70. The molecule has 0 spiro atoms. The summed E-state index contributed by atoms with van der Waals surface area (Å²) in [6.07, 6.45) is 1.23. The quantitative estimate of drug-likeness (QED) is 0.626. The van der Waals surface area contributed by atoms with Crippen LogP contribution in [0, 0.1) is 0 Å². The van der Waals surface area contributed by atoms with Crippen LogP contribution in [0.15, 0.2) is 36.5 Å². The molecule has 2 aromatic rings. The van der Waals surface area contributed by atoms with Gasteiger partial charge in [-0.2, -0.15) is 0 Å². The molecule has 1 heterocycles. The van der Waals surface area contributed by atoms with Crippen molar-refractivity contribution in [1.82, 2.24) is 10.3 Å². The molecular weight excluding hydrogens is 355 g/mol. The molecule has 0 aliphatic rings. The van der Waals surface area contributed by atoms with Crippen LogP contribution in [-0.4, -0.2) is 30.6 Å². The van der Waals surface area contributed by atoms with Gasteiger partial charge in [0.1, 0.15) is 10.9 Å². The molecule has 1 aromatic heterocycles. The third-order valence-electron chi connectivity index (χ3n) is 2.99. The monoisotopic (exact) mass is 368 g/mol. The van der Waals surface area contributed by atoms with Crippen LogP contribution in [0.5, 0.6) is 5.75 Å². The first-order chi connectivity index (χ1) is 11.5. The Morgan fingerprint density at radius 1 is 1.25 bits per heavy atom. The normalized spacial score (nSPS) is 10.1. The lowest BCUT2D eigenvalue weighted by Gasteiger charge is -2.08. The molecule has 0 aliphatic heterocycles. The molecule has 1 N–H and O–H groups in total. The van der Waals surface area contributed by atoms with E-state index in [4.69, 9.17) is 32.7 Å². The van der Waals surface area contributed by atoms with Gasteiger partial charge in [-0.05, 0) is 23.8 Å². The van der Waals surface area contributed by atoms with E-state index in [0.717, 1.165) is 5.56 Å². The zero-order valence-electron chi connectivity index (χ0n) is 12.7. The van der Waals surface area contributed by atoms with E-state index in [2.05, 4.69) is 10.3 Å². The zero-order valence-corrected chi connectivity index (χ0v) is 14.2. The van der Waals surface area contributed by atoms with Gasteiger partial charge in [-0.25, -0.2) is 9.78 Å². The fourth-order valence-electron chi connectivity index (χ4n) is 1.78. The van der Waals surface area contributed by atoms with Gasteiger partial charge in [0.2, 0.25) is 0 Å². The van der Waals surface area contributed by atoms with Crippen molar-refractivity contribution in [3.05, 3.63) is 57.8 Å². The van der Waals surface area contributed by atoms with E-state index in [1.807, 2.05) is 12.1 Å². The molecule has 0 atom stereocenters. The molecular formula is C16H14Cl2N2O4. The van der Waals surface area contributed by atoms with Gasteiger partial charge in [0.05, 0.1) is 17.7 Å². The van der Waals surface area contributed by atoms with Crippen LogP contribution >= 0.6 is 23.2 Å². The summed E-state index contributed by atoms with van der Waals surface area (Å²) in [5, 5.41) is 2.86. The summed E-state index contributed by atoms with van der Waals surface area (Å²) in [5.41, 5.74) is 0.979. The van der Waals surface area contributed by atoms with Crippen molar-refractivity contribution in [2.75, 3.05) is 13.7 Å². The van der Waals surface area contributed by atoms with E-state index in [1.54, 1.807) is 19.2 Å². The van der Waals surface area contributed by atoms with Crippen molar-refractivity contribution in [3.8, 4) is 5.75 Å². The molecule has 1 amide bonds. The highest BCUT2D eigenvalue weighted by Gasteiger charge is 2.12. The second kappa shape index (κ2) is 8.52. The van der Waals surface area contributed by atoms with Gasteiger partial charge in [-0.1, -0.05) is 35.3 Å². The molecule has 0 saturated heterocycles. The molecule has 0 unspecified atom stereocenters. The van der Waals surface area contributed by atoms with Gasteiger partial charge >= 0.3 is 5.97 Å². The van der Waals surface area contributed by atoms with Crippen LogP contribution < -0.4 is 10.1 Å². The molecule has 0 fully saturated rings. The average Bonchev–Trinajstić information content (AvgIpc) is 2.60. The van der Waals surface area contributed by atoms with Gasteiger partial charge in [0, 0.05) is 12.7 Å². The Balaban J connectivity index is 1.82. The summed E-state index contributed by atoms with van der Waals surface area (Å²) in [5.74, 6) is -0.447. The van der Waals surface area contributed by atoms with Crippen LogP contribution in [0.25, 0.3) is 0 Å². The standard InChI is InChI=1S/C16H14Cl2N2O4/c1-23-12-4-2-3-10(5-12)7-19-14(21)9-24-16(22)11-6-13(17)15(18)20-8-11/h2-6,8H,7,9H2,1H3,(H,19,21). The van der Waals surface area contributed by atoms with Gasteiger partial charge in [-0.3, -0.25) is 4.79 Å². The fourth-order valence-corrected chi connectivity index (χ4v) is 2.05. The first-order valence-electron chi connectivity index (χ1n) is 6.87. The Kier molecular flexibility index (Phi) is 6.40. The largest absolute Gasteiger partial charge is 0.497 e. The number of esters is 1. The minimum Gasteiger partial charge on any atom is -0.497 e. The number of methoxy groups -OCH3 is 1. The van der Waals surface area contributed by atoms with Gasteiger partial charge in [-0.15, -0.1) is 0 Å². The molecule has 0 bridgehead atoms. The lowest BCUT2D eigenvalue weighted by Crippen LogP contribution is -2.28. The third-order valence-corrected chi connectivity index (χ3v) is 3.68. The summed E-state index contributed by atoms with van der Waals surface area (Å²) in [4.78, 5) is 27.3. The summed E-state index contributed by atoms with van der Waals surface area (Å²) < 4.78 is 10.0. The molecule has 6 nitrogen and oxygen atoms in total. The van der Waals surface area contributed by atoms with E-state index in [1.165, 1.54) is 12.3 Å². The maximum absolute atomic E-state index is 11.8. The minimum absolute atomic E-state index is 0.0873. The number of halogens is 2. The number of nitrogens with one attached hydrogen (secondary N) is 1. The van der Waals surface area contributed by atoms with Crippen LogP contribution in [-0.2, 0) is 16.1 Å². The zero-order chi connectivity index (χ0) is 17.5. The van der Waals surface area contributed by atoms with Crippen molar-refractivity contribution in [2.45, 2.75) is 6.54 Å². The van der Waals surface area contributed by atoms with Crippen LogP contribution in [0.2, 0.25) is 10.2 Å². The number of rotatable bonds is 6. The molecule has 0 aliphatic carbocycles. The van der Waals surface area contributed by atoms with Crippen molar-refractivity contribution in [2.24, 2.45) is 0 Å². The number of aromatic nitrogens is 1. The first kappa shape index (κ1) is 18.0. The Bertz CT molecular complexity index is 753. The minimum atomic E-state index is -0.711. The number of carbonyl (C=O) groups is 2. The molecule has 0 radical (unpaired) electrons. The SMILES string of the molecule is COc1cccc(CNC(=O)COC(=O)c2cnc(Cl)c(Cl)c2)c1. The maximum Gasteiger partial charge on any atom is 0.340 e. The second-order valence-corrected chi connectivity index (χ2v) is 5.47. The molecule has 24 heavy (non-hydrogen) atoms. The molecule has 0 saturated carbocycles. The topological polar surface area (TPSA) is 77.5 Å². The summed E-state index contributed by atoms with van der Waals surface area (Å²) in [6, 6.07) is 8.59. The maximum atomic E-state index is 11.8. The number of pyridine rings is 1. The molecule has 126 valence electrons. The van der Waals surface area contributed by atoms with Crippen molar-refractivity contribution >= 4 is 35.1 Å². The molecule has 2 rings (SSSR count). The van der Waals surface area contributed by atoms with Crippen molar-refractivity contribution in [1.29, 1.82) is 0 Å². The number of nitrogens with zero attached hydrogens (tertiary/aromatic N) is 1. The van der Waals surface area contributed by atoms with Crippen molar-refractivity contribution in [3.63, 3.8) is 0 Å². The predicted octanol–water partition coefficient (Wildman–Crippen LogP) is 2.87. The van der Waals surface area contributed by atoms with E-state index in [0.29, 0.717) is 12.3 Å². The van der Waals surface area contributed by atoms with E-state index >= 15 is 0 Å². The highest BCUT2D eigenvalue weighted by molar-refractivity contribution is 6.41. The summed E-state index contributed by atoms with van der Waals surface area (Å²) in [6.45, 7) is -0.120. The Hall–Kier alpha value is -2.31. The number of amides is 1. The Morgan fingerprint density at radius 3 is 2.75 bits per heavy atom. The van der Waals surface area contributed by atoms with E-state index in [-0.39, 0.29) is 15.7 Å². The smallest absolute Gasteiger partial charge is 0.340 e. The summed E-state index contributed by atoms with van der Waals surface area (Å²) in [7, 11) is 1.56. The number of hydrogen-bond donors (Lipinski definition) is 1. The third kappa shape index (κ3) is 5.11. The van der Waals surface area contributed by atoms with Crippen LogP contribution in [0.3, 0.4) is 0 Å². The summed E-state index contributed by atoms with van der Waals surface area (Å²) >= 11 is 11.4. The van der Waals surface area contributed by atoms with Gasteiger partial charge < -0.3 is 14.8 Å². The molecule has 8 heteroatoms. The number of carbonyl (C=O) groups excluding carboxylic acids is 2. The lowest BCUT2D eigenvalue weighted by molar-refractivity contribution is -0.124. The highest BCUT2D eigenvalue weighted by atomic mass is 35.5. The predicted molar refractivity (Wildman–Crippen MR) is 89.4 cm³/mol. The number of hydrogen-bond acceptors (Lipinski definition) is 5. The Morgan fingerprint density at radius 2 is 2.04 bits per heavy atom. The Labute approximate surface area is 148 Å². The molecule has 1 aromatic carbocycles. The fraction of sp³-hybridized carbons (Fsp3) is 0.188.